The van der Waals surface area contributed by atoms with Crippen molar-refractivity contribution >= 4 is 21.8 Å². The van der Waals surface area contributed by atoms with Gasteiger partial charge in [-0.15, -0.1) is 0 Å². The third kappa shape index (κ3) is 2.97. The zero-order valence-corrected chi connectivity index (χ0v) is 10.1. The number of nitrogens with one attached hydrogen (secondary N) is 1. The Hall–Kier alpha value is -0.0500. The van der Waals surface area contributed by atoms with Crippen LogP contribution < -0.4 is 5.32 Å². The first-order chi connectivity index (χ1) is 6.75. The van der Waals surface area contributed by atoms with E-state index in [0.29, 0.717) is 22.6 Å². The van der Waals surface area contributed by atoms with Crippen molar-refractivity contribution in [2.75, 3.05) is 6.54 Å². The molecule has 0 radical (unpaired) electrons. The van der Waals surface area contributed by atoms with Crippen LogP contribution in [0, 0.1) is 11.8 Å². The first kappa shape index (κ1) is 10.5. The highest BCUT2D eigenvalue weighted by Crippen LogP contribution is 2.30. The van der Waals surface area contributed by atoms with Gasteiger partial charge in [0, 0.05) is 17.3 Å². The summed E-state index contributed by atoms with van der Waals surface area (Å²) in [6, 6.07) is 0. The van der Waals surface area contributed by atoms with Crippen LogP contribution >= 0.6 is 15.9 Å². The van der Waals surface area contributed by atoms with E-state index in [0.717, 1.165) is 19.4 Å². The number of hydrogen-bond acceptors (Lipinski definition) is 1. The minimum atomic E-state index is 0.293. The summed E-state index contributed by atoms with van der Waals surface area (Å²) in [6.07, 6.45) is 7.33. The molecular weight excluding hydrogens is 242 g/mol. The number of halogens is 1. The van der Waals surface area contributed by atoms with E-state index in [4.69, 9.17) is 0 Å². The largest absolute Gasteiger partial charge is 0.356 e. The maximum Gasteiger partial charge on any atom is 0.223 e. The van der Waals surface area contributed by atoms with Gasteiger partial charge in [-0.25, -0.2) is 0 Å². The lowest BCUT2D eigenvalue weighted by molar-refractivity contribution is -0.122. The molecule has 0 aliphatic heterocycles. The van der Waals surface area contributed by atoms with Crippen LogP contribution in [-0.4, -0.2) is 17.3 Å². The third-order valence-corrected chi connectivity index (χ3v) is 4.06. The highest BCUT2D eigenvalue weighted by Gasteiger charge is 2.30. The van der Waals surface area contributed by atoms with Crippen LogP contribution in [-0.2, 0) is 4.79 Å². The van der Waals surface area contributed by atoms with E-state index in [1.54, 1.807) is 0 Å². The molecule has 0 aromatic rings. The molecular formula is C11H18BrNO. The van der Waals surface area contributed by atoms with E-state index in [-0.39, 0.29) is 0 Å². The van der Waals surface area contributed by atoms with Crippen LogP contribution in [0.25, 0.3) is 0 Å². The standard InChI is InChI=1S/C11H18BrNO/c12-10-3-1-2-8(6-10)7-13-11(14)9-4-5-9/h8-10H,1-7H2,(H,13,14). The first-order valence-electron chi connectivity index (χ1n) is 5.67. The fraction of sp³-hybridized carbons (Fsp3) is 0.909. The molecule has 2 unspecified atom stereocenters. The average Bonchev–Trinajstić information content (AvgIpc) is 2.97. The lowest BCUT2D eigenvalue weighted by atomic mass is 9.89. The van der Waals surface area contributed by atoms with Crippen molar-refractivity contribution in [1.82, 2.24) is 5.32 Å². The van der Waals surface area contributed by atoms with Gasteiger partial charge in [-0.3, -0.25) is 4.79 Å². The normalized spacial score (nSPS) is 32.6. The summed E-state index contributed by atoms with van der Waals surface area (Å²) in [4.78, 5) is 12.1. The number of alkyl halides is 1. The van der Waals surface area contributed by atoms with Crippen LogP contribution in [0.15, 0.2) is 0 Å². The predicted molar refractivity (Wildman–Crippen MR) is 60.4 cm³/mol. The van der Waals surface area contributed by atoms with Crippen molar-refractivity contribution in [3.05, 3.63) is 0 Å². The average molecular weight is 260 g/mol. The van der Waals surface area contributed by atoms with E-state index in [1.807, 2.05) is 0 Å². The maximum absolute atomic E-state index is 11.4. The fourth-order valence-corrected chi connectivity index (χ4v) is 3.00. The molecule has 1 amide bonds. The Morgan fingerprint density at radius 1 is 1.29 bits per heavy atom. The summed E-state index contributed by atoms with van der Waals surface area (Å²) in [5.41, 5.74) is 0. The molecule has 0 aromatic carbocycles. The predicted octanol–water partition coefficient (Wildman–Crippen LogP) is 2.47. The van der Waals surface area contributed by atoms with Gasteiger partial charge in [0.15, 0.2) is 0 Å². The minimum absolute atomic E-state index is 0.293. The quantitative estimate of drug-likeness (QED) is 0.776. The monoisotopic (exact) mass is 259 g/mol. The Labute approximate surface area is 94.0 Å². The topological polar surface area (TPSA) is 29.1 Å². The zero-order chi connectivity index (χ0) is 9.97. The lowest BCUT2D eigenvalue weighted by Gasteiger charge is -2.25. The van der Waals surface area contributed by atoms with Gasteiger partial charge in [-0.1, -0.05) is 22.4 Å². The number of carbonyl (C=O) groups excluding carboxylic acids is 1. The molecule has 2 aliphatic carbocycles. The Kier molecular flexibility index (Phi) is 3.47. The van der Waals surface area contributed by atoms with Gasteiger partial charge in [0.25, 0.3) is 0 Å². The minimum Gasteiger partial charge on any atom is -0.356 e. The Balaban J connectivity index is 1.66. The van der Waals surface area contributed by atoms with Gasteiger partial charge in [0.05, 0.1) is 0 Å². The molecule has 2 atom stereocenters. The fourth-order valence-electron chi connectivity index (χ4n) is 2.15. The Morgan fingerprint density at radius 2 is 2.07 bits per heavy atom. The zero-order valence-electron chi connectivity index (χ0n) is 8.47. The van der Waals surface area contributed by atoms with Crippen LogP contribution in [0.4, 0.5) is 0 Å². The van der Waals surface area contributed by atoms with Crippen LogP contribution in [0.5, 0.6) is 0 Å². The van der Waals surface area contributed by atoms with E-state index in [1.165, 1.54) is 25.7 Å². The van der Waals surface area contributed by atoms with Crippen molar-refractivity contribution < 1.29 is 4.79 Å². The van der Waals surface area contributed by atoms with Crippen LogP contribution in [0.3, 0.4) is 0 Å². The van der Waals surface area contributed by atoms with Gasteiger partial charge in [-0.2, -0.15) is 0 Å². The van der Waals surface area contributed by atoms with Gasteiger partial charge >= 0.3 is 0 Å². The second kappa shape index (κ2) is 4.65. The molecule has 0 bridgehead atoms. The smallest absolute Gasteiger partial charge is 0.223 e. The van der Waals surface area contributed by atoms with Gasteiger partial charge in [0.1, 0.15) is 0 Å². The molecule has 2 saturated carbocycles. The number of carbonyl (C=O) groups is 1. The Morgan fingerprint density at radius 3 is 2.71 bits per heavy atom. The highest BCUT2D eigenvalue weighted by molar-refractivity contribution is 9.09. The summed E-state index contributed by atoms with van der Waals surface area (Å²) in [5.74, 6) is 1.36. The number of rotatable bonds is 3. The summed E-state index contributed by atoms with van der Waals surface area (Å²) in [7, 11) is 0. The molecule has 2 aliphatic rings. The molecule has 2 fully saturated rings. The molecule has 2 nitrogen and oxygen atoms in total. The van der Waals surface area contributed by atoms with Gasteiger partial charge in [-0.05, 0) is 38.0 Å². The van der Waals surface area contributed by atoms with Gasteiger partial charge in [0.2, 0.25) is 5.91 Å². The lowest BCUT2D eigenvalue weighted by Crippen LogP contribution is -2.32. The van der Waals surface area contributed by atoms with Crippen molar-refractivity contribution in [2.45, 2.75) is 43.4 Å². The molecule has 0 heterocycles. The van der Waals surface area contributed by atoms with E-state index in [2.05, 4.69) is 21.2 Å². The highest BCUT2D eigenvalue weighted by atomic mass is 79.9. The maximum atomic E-state index is 11.4. The Bertz CT molecular complexity index is 215. The van der Waals surface area contributed by atoms with Crippen molar-refractivity contribution in [1.29, 1.82) is 0 Å². The molecule has 0 saturated heterocycles. The first-order valence-corrected chi connectivity index (χ1v) is 6.59. The summed E-state index contributed by atoms with van der Waals surface area (Å²) in [5, 5.41) is 3.08. The SMILES string of the molecule is O=C(NCC1CCCC(Br)C1)C1CC1. The molecule has 14 heavy (non-hydrogen) atoms. The van der Waals surface area contributed by atoms with E-state index >= 15 is 0 Å². The molecule has 1 N–H and O–H groups in total. The second-order valence-corrected chi connectivity index (χ2v) is 5.94. The second-order valence-electron chi connectivity index (χ2n) is 4.65. The third-order valence-electron chi connectivity index (χ3n) is 3.23. The van der Waals surface area contributed by atoms with Crippen molar-refractivity contribution in [2.24, 2.45) is 11.8 Å². The summed E-state index contributed by atoms with van der Waals surface area (Å²) < 4.78 is 0. The van der Waals surface area contributed by atoms with E-state index < -0.39 is 0 Å². The van der Waals surface area contributed by atoms with Crippen molar-refractivity contribution in [3.63, 3.8) is 0 Å². The molecule has 0 aromatic heterocycles. The molecule has 3 heteroatoms. The molecule has 2 rings (SSSR count). The van der Waals surface area contributed by atoms with Crippen LogP contribution in [0.1, 0.15) is 38.5 Å². The summed E-state index contributed by atoms with van der Waals surface area (Å²) in [6.45, 7) is 0.900. The van der Waals surface area contributed by atoms with Crippen LogP contribution in [0.2, 0.25) is 0 Å². The van der Waals surface area contributed by atoms with Crippen molar-refractivity contribution in [3.8, 4) is 0 Å². The number of hydrogen-bond donors (Lipinski definition) is 1. The van der Waals surface area contributed by atoms with E-state index in [9.17, 15) is 4.79 Å². The molecule has 80 valence electrons. The summed E-state index contributed by atoms with van der Waals surface area (Å²) >= 11 is 3.66. The number of amides is 1. The molecule has 0 spiro atoms. The van der Waals surface area contributed by atoms with Gasteiger partial charge < -0.3 is 5.32 Å².